The number of alkyl halides is 3. The van der Waals surface area contributed by atoms with Gasteiger partial charge in [-0.3, -0.25) is 4.79 Å². The van der Waals surface area contributed by atoms with Crippen LogP contribution in [0, 0.1) is 5.92 Å². The molecule has 1 N–H and O–H groups in total. The fraction of sp³-hybridized carbons (Fsp3) is 0.588. The molecule has 0 bridgehead atoms. The van der Waals surface area contributed by atoms with Gasteiger partial charge in [-0.1, -0.05) is 6.07 Å². The number of piperidine rings is 1. The largest absolute Gasteiger partial charge is 0.416 e. The lowest BCUT2D eigenvalue weighted by molar-refractivity contribution is -0.137. The van der Waals surface area contributed by atoms with E-state index >= 15 is 0 Å². The van der Waals surface area contributed by atoms with Crippen molar-refractivity contribution in [2.24, 2.45) is 5.92 Å². The van der Waals surface area contributed by atoms with E-state index in [1.807, 2.05) is 9.80 Å². The first-order valence-electron chi connectivity index (χ1n) is 8.37. The number of rotatable bonds is 2. The van der Waals surface area contributed by atoms with E-state index in [1.54, 1.807) is 6.07 Å². The quantitative estimate of drug-likeness (QED) is 0.808. The number of hydrogen-bond donors (Lipinski definition) is 1. The van der Waals surface area contributed by atoms with Crippen LogP contribution < -0.4 is 10.2 Å². The number of carbonyl (C=O) groups is 1. The SMILES string of the molecule is Cl.Cl.O=C([C@@H]1CCCNC1)N1CCN(c2cccc(C(F)(F)F)c2)CC1. The molecule has 0 spiro atoms. The number of benzene rings is 1. The van der Waals surface area contributed by atoms with Gasteiger partial charge in [-0.05, 0) is 37.6 Å². The zero-order chi connectivity index (χ0) is 17.2. The molecule has 0 radical (unpaired) electrons. The van der Waals surface area contributed by atoms with E-state index in [9.17, 15) is 18.0 Å². The number of hydrogen-bond acceptors (Lipinski definition) is 3. The molecule has 0 aromatic heterocycles. The summed E-state index contributed by atoms with van der Waals surface area (Å²) in [6, 6.07) is 5.39. The molecule has 26 heavy (non-hydrogen) atoms. The van der Waals surface area contributed by atoms with Crippen molar-refractivity contribution in [2.45, 2.75) is 19.0 Å². The van der Waals surface area contributed by atoms with E-state index in [2.05, 4.69) is 5.32 Å². The van der Waals surface area contributed by atoms with Gasteiger partial charge >= 0.3 is 6.18 Å². The predicted octanol–water partition coefficient (Wildman–Crippen LogP) is 3.20. The highest BCUT2D eigenvalue weighted by atomic mass is 35.5. The minimum atomic E-state index is -4.33. The molecule has 1 aromatic carbocycles. The van der Waals surface area contributed by atoms with Crippen molar-refractivity contribution in [2.75, 3.05) is 44.2 Å². The fourth-order valence-electron chi connectivity index (χ4n) is 3.38. The van der Waals surface area contributed by atoms with Crippen molar-refractivity contribution in [1.29, 1.82) is 0 Å². The summed E-state index contributed by atoms with van der Waals surface area (Å²) in [7, 11) is 0. The van der Waals surface area contributed by atoms with E-state index in [0.717, 1.165) is 32.0 Å². The van der Waals surface area contributed by atoms with Crippen LogP contribution in [0.25, 0.3) is 0 Å². The van der Waals surface area contributed by atoms with Gasteiger partial charge in [0.1, 0.15) is 0 Å². The molecule has 3 rings (SSSR count). The van der Waals surface area contributed by atoms with Crippen molar-refractivity contribution in [3.63, 3.8) is 0 Å². The van der Waals surface area contributed by atoms with Gasteiger partial charge in [0.25, 0.3) is 0 Å². The average molecular weight is 414 g/mol. The number of nitrogens with zero attached hydrogens (tertiary/aromatic N) is 2. The van der Waals surface area contributed by atoms with Gasteiger partial charge < -0.3 is 15.1 Å². The number of anilines is 1. The molecule has 4 nitrogen and oxygen atoms in total. The number of piperazine rings is 1. The van der Waals surface area contributed by atoms with Crippen LogP contribution in [-0.4, -0.2) is 50.1 Å². The van der Waals surface area contributed by atoms with E-state index < -0.39 is 11.7 Å². The van der Waals surface area contributed by atoms with Crippen LogP contribution >= 0.6 is 24.8 Å². The highest BCUT2D eigenvalue weighted by Gasteiger charge is 2.32. The first-order valence-corrected chi connectivity index (χ1v) is 8.37. The number of amides is 1. The lowest BCUT2D eigenvalue weighted by atomic mass is 9.98. The van der Waals surface area contributed by atoms with Gasteiger partial charge in [0.15, 0.2) is 0 Å². The molecule has 2 fully saturated rings. The van der Waals surface area contributed by atoms with Crippen LogP contribution in [0.4, 0.5) is 18.9 Å². The lowest BCUT2D eigenvalue weighted by Gasteiger charge is -2.38. The van der Waals surface area contributed by atoms with Gasteiger partial charge in [0.05, 0.1) is 11.5 Å². The maximum absolute atomic E-state index is 12.8. The molecule has 2 aliphatic rings. The van der Waals surface area contributed by atoms with Gasteiger partial charge in [0, 0.05) is 38.4 Å². The summed E-state index contributed by atoms with van der Waals surface area (Å²) in [4.78, 5) is 16.3. The summed E-state index contributed by atoms with van der Waals surface area (Å²) in [5.41, 5.74) is -0.0666. The van der Waals surface area contributed by atoms with Crippen molar-refractivity contribution >= 4 is 36.4 Å². The highest BCUT2D eigenvalue weighted by molar-refractivity contribution is 5.85. The first-order chi connectivity index (χ1) is 11.4. The highest BCUT2D eigenvalue weighted by Crippen LogP contribution is 2.32. The number of carbonyl (C=O) groups excluding carboxylic acids is 1. The molecule has 1 amide bonds. The zero-order valence-corrected chi connectivity index (χ0v) is 15.9. The third-order valence-corrected chi connectivity index (χ3v) is 4.78. The molecule has 0 unspecified atom stereocenters. The van der Waals surface area contributed by atoms with E-state index in [-0.39, 0.29) is 36.6 Å². The second kappa shape index (κ2) is 9.67. The van der Waals surface area contributed by atoms with Gasteiger partial charge in [-0.2, -0.15) is 13.2 Å². The molecular weight excluding hydrogens is 390 g/mol. The third-order valence-electron chi connectivity index (χ3n) is 4.78. The lowest BCUT2D eigenvalue weighted by Crippen LogP contribution is -2.52. The Kier molecular flexibility index (Phi) is 8.50. The Morgan fingerprint density at radius 2 is 1.81 bits per heavy atom. The first kappa shape index (κ1) is 22.9. The molecule has 1 aromatic rings. The van der Waals surface area contributed by atoms with Crippen LogP contribution in [0.1, 0.15) is 18.4 Å². The summed E-state index contributed by atoms with van der Waals surface area (Å²) in [5, 5.41) is 3.25. The number of halogens is 5. The van der Waals surface area contributed by atoms with Crippen LogP contribution in [0.15, 0.2) is 24.3 Å². The Morgan fingerprint density at radius 1 is 1.12 bits per heavy atom. The van der Waals surface area contributed by atoms with Crippen LogP contribution in [0.3, 0.4) is 0 Å². The van der Waals surface area contributed by atoms with Crippen LogP contribution in [0.5, 0.6) is 0 Å². The van der Waals surface area contributed by atoms with Gasteiger partial charge in [-0.15, -0.1) is 24.8 Å². The van der Waals surface area contributed by atoms with Crippen molar-refractivity contribution in [3.05, 3.63) is 29.8 Å². The molecule has 0 saturated carbocycles. The molecule has 2 saturated heterocycles. The maximum Gasteiger partial charge on any atom is 0.416 e. The molecule has 2 heterocycles. The Labute approximate surface area is 163 Å². The smallest absolute Gasteiger partial charge is 0.368 e. The van der Waals surface area contributed by atoms with E-state index in [0.29, 0.717) is 31.9 Å². The Balaban J connectivity index is 0.00000169. The minimum Gasteiger partial charge on any atom is -0.368 e. The second-order valence-corrected chi connectivity index (χ2v) is 6.40. The van der Waals surface area contributed by atoms with Crippen LogP contribution in [-0.2, 0) is 11.0 Å². The van der Waals surface area contributed by atoms with Crippen molar-refractivity contribution < 1.29 is 18.0 Å². The molecule has 1 atom stereocenters. The molecule has 2 aliphatic heterocycles. The minimum absolute atomic E-state index is 0. The predicted molar refractivity (Wildman–Crippen MR) is 100 cm³/mol. The average Bonchev–Trinajstić information content (AvgIpc) is 2.61. The molecule has 9 heteroatoms. The summed E-state index contributed by atoms with van der Waals surface area (Å²) >= 11 is 0. The topological polar surface area (TPSA) is 35.6 Å². The van der Waals surface area contributed by atoms with E-state index in [1.165, 1.54) is 12.1 Å². The van der Waals surface area contributed by atoms with E-state index in [4.69, 9.17) is 0 Å². The summed E-state index contributed by atoms with van der Waals surface area (Å²) < 4.78 is 38.5. The summed E-state index contributed by atoms with van der Waals surface area (Å²) in [5.74, 6) is 0.213. The fourth-order valence-corrected chi connectivity index (χ4v) is 3.38. The Hall–Kier alpha value is -1.18. The Morgan fingerprint density at radius 3 is 2.38 bits per heavy atom. The summed E-state index contributed by atoms with van der Waals surface area (Å²) in [6.45, 7) is 3.94. The monoisotopic (exact) mass is 413 g/mol. The molecular formula is C17H24Cl2F3N3O. The summed E-state index contributed by atoms with van der Waals surface area (Å²) in [6.07, 6.45) is -2.40. The molecule has 148 valence electrons. The van der Waals surface area contributed by atoms with Gasteiger partial charge in [-0.25, -0.2) is 0 Å². The zero-order valence-electron chi connectivity index (χ0n) is 14.3. The Bertz CT molecular complexity index is 587. The van der Waals surface area contributed by atoms with Crippen LogP contribution in [0.2, 0.25) is 0 Å². The maximum atomic E-state index is 12.8. The van der Waals surface area contributed by atoms with Gasteiger partial charge in [0.2, 0.25) is 5.91 Å². The molecule has 0 aliphatic carbocycles. The second-order valence-electron chi connectivity index (χ2n) is 6.40. The normalized spacial score (nSPS) is 20.8. The third kappa shape index (κ3) is 5.41. The van der Waals surface area contributed by atoms with Crippen molar-refractivity contribution in [3.8, 4) is 0 Å². The standard InChI is InChI=1S/C17H22F3N3O.2ClH/c18-17(19,20)14-4-1-5-15(11-14)22-7-9-23(10-8-22)16(24)13-3-2-6-21-12-13;;/h1,4-5,11,13,21H,2-3,6-10,12H2;2*1H/t13-;;/m1../s1. The number of nitrogens with one attached hydrogen (secondary N) is 1. The van der Waals surface area contributed by atoms with Crippen molar-refractivity contribution in [1.82, 2.24) is 10.2 Å².